The van der Waals surface area contributed by atoms with E-state index in [1.807, 2.05) is 13.0 Å². The summed E-state index contributed by atoms with van der Waals surface area (Å²) in [5.41, 5.74) is 1.16. The summed E-state index contributed by atoms with van der Waals surface area (Å²) in [4.78, 5) is 7.00. The normalized spacial score (nSPS) is 31.3. The van der Waals surface area contributed by atoms with Crippen LogP contribution in [0.5, 0.6) is 0 Å². The van der Waals surface area contributed by atoms with Gasteiger partial charge in [0.2, 0.25) is 0 Å². The van der Waals surface area contributed by atoms with E-state index >= 15 is 0 Å². The second-order valence-corrected chi connectivity index (χ2v) is 7.15. The third-order valence-electron chi connectivity index (χ3n) is 4.83. The average Bonchev–Trinajstić information content (AvgIpc) is 2.48. The molecule has 0 amide bonds. The minimum Gasteiger partial charge on any atom is -0.384 e. The molecule has 5 heteroatoms. The van der Waals surface area contributed by atoms with Crippen LogP contribution in [0.1, 0.15) is 36.9 Å². The number of hydrogen-bond donors (Lipinski definition) is 1. The summed E-state index contributed by atoms with van der Waals surface area (Å²) in [7, 11) is 0. The third kappa shape index (κ3) is 3.31. The first kappa shape index (κ1) is 15.4. The number of rotatable bonds is 2. The zero-order valence-electron chi connectivity index (χ0n) is 12.5. The summed E-state index contributed by atoms with van der Waals surface area (Å²) in [5.74, 6) is 0. The van der Waals surface area contributed by atoms with Crippen molar-refractivity contribution in [2.75, 3.05) is 26.3 Å². The number of aromatic nitrogens is 1. The van der Waals surface area contributed by atoms with Gasteiger partial charge < -0.3 is 9.84 Å². The van der Waals surface area contributed by atoms with Crippen LogP contribution in [-0.4, -0.2) is 47.3 Å². The highest BCUT2D eigenvalue weighted by atomic mass is 79.9. The van der Waals surface area contributed by atoms with Gasteiger partial charge in [0.25, 0.3) is 0 Å². The van der Waals surface area contributed by atoms with Crippen molar-refractivity contribution in [2.24, 2.45) is 0 Å². The molecule has 0 atom stereocenters. The highest BCUT2D eigenvalue weighted by Crippen LogP contribution is 2.39. The van der Waals surface area contributed by atoms with Crippen molar-refractivity contribution in [1.82, 2.24) is 9.88 Å². The zero-order valence-corrected chi connectivity index (χ0v) is 14.1. The molecule has 2 aliphatic rings. The minimum atomic E-state index is -0.756. The topological polar surface area (TPSA) is 45.6 Å². The number of halogens is 1. The van der Waals surface area contributed by atoms with Crippen molar-refractivity contribution in [3.63, 3.8) is 0 Å². The molecule has 1 aliphatic heterocycles. The summed E-state index contributed by atoms with van der Waals surface area (Å²) in [5, 5.41) is 11.0. The molecule has 1 saturated heterocycles. The Morgan fingerprint density at radius 1 is 1.33 bits per heavy atom. The van der Waals surface area contributed by atoms with E-state index in [1.165, 1.54) is 0 Å². The first-order chi connectivity index (χ1) is 10.1. The van der Waals surface area contributed by atoms with Gasteiger partial charge in [-0.3, -0.25) is 9.88 Å². The lowest BCUT2D eigenvalue weighted by Crippen LogP contribution is -2.47. The molecular formula is C16H23BrN2O2. The summed E-state index contributed by atoms with van der Waals surface area (Å²) in [6.07, 6.45) is 5.45. The van der Waals surface area contributed by atoms with Gasteiger partial charge in [0, 0.05) is 29.8 Å². The first-order valence-corrected chi connectivity index (χ1v) is 8.55. The van der Waals surface area contributed by atoms with Gasteiger partial charge in [0.1, 0.15) is 5.60 Å². The lowest BCUT2D eigenvalue weighted by atomic mass is 9.78. The van der Waals surface area contributed by atoms with E-state index in [0.29, 0.717) is 6.04 Å². The van der Waals surface area contributed by atoms with Crippen LogP contribution in [0.15, 0.2) is 16.7 Å². The molecule has 3 rings (SSSR count). The van der Waals surface area contributed by atoms with Crippen molar-refractivity contribution in [1.29, 1.82) is 0 Å². The van der Waals surface area contributed by atoms with E-state index in [0.717, 1.165) is 67.7 Å². The maximum absolute atomic E-state index is 11.0. The second-order valence-electron chi connectivity index (χ2n) is 6.23. The highest BCUT2D eigenvalue weighted by Gasteiger charge is 2.38. The molecule has 0 bridgehead atoms. The van der Waals surface area contributed by atoms with Crippen molar-refractivity contribution in [3.05, 3.63) is 28.0 Å². The number of nitrogens with zero attached hydrogens (tertiary/aromatic N) is 2. The van der Waals surface area contributed by atoms with Gasteiger partial charge in [-0.05, 0) is 60.2 Å². The zero-order chi connectivity index (χ0) is 14.9. The molecule has 0 spiro atoms. The predicted molar refractivity (Wildman–Crippen MR) is 85.2 cm³/mol. The Labute approximate surface area is 134 Å². The molecule has 116 valence electrons. The Hall–Kier alpha value is -0.490. The summed E-state index contributed by atoms with van der Waals surface area (Å²) in [6, 6.07) is 2.62. The van der Waals surface area contributed by atoms with Gasteiger partial charge in [0.05, 0.1) is 18.9 Å². The molecule has 1 aromatic rings. The lowest BCUT2D eigenvalue weighted by molar-refractivity contribution is -0.0472. The number of ether oxygens (including phenoxy) is 1. The quantitative estimate of drug-likeness (QED) is 0.886. The fraction of sp³-hybridized carbons (Fsp3) is 0.688. The molecule has 1 aliphatic carbocycles. The summed E-state index contributed by atoms with van der Waals surface area (Å²) >= 11 is 3.44. The van der Waals surface area contributed by atoms with E-state index in [9.17, 15) is 5.11 Å². The number of aliphatic hydroxyl groups is 1. The van der Waals surface area contributed by atoms with Crippen LogP contribution in [0.25, 0.3) is 0 Å². The van der Waals surface area contributed by atoms with Crippen LogP contribution < -0.4 is 0 Å². The number of pyridine rings is 1. The van der Waals surface area contributed by atoms with E-state index in [4.69, 9.17) is 4.74 Å². The monoisotopic (exact) mass is 354 g/mol. The molecule has 2 heterocycles. The van der Waals surface area contributed by atoms with E-state index in [1.54, 1.807) is 6.20 Å². The third-order valence-corrected chi connectivity index (χ3v) is 5.26. The van der Waals surface area contributed by atoms with Crippen molar-refractivity contribution in [3.8, 4) is 0 Å². The summed E-state index contributed by atoms with van der Waals surface area (Å²) in [6.45, 7) is 5.76. The van der Waals surface area contributed by atoms with E-state index < -0.39 is 5.60 Å². The van der Waals surface area contributed by atoms with Crippen molar-refractivity contribution in [2.45, 2.75) is 44.2 Å². The standard InChI is InChI=1S/C16H23BrN2O2/c1-12-10-13(17)11-18-15(12)16(20)4-2-14(3-5-16)19-6-8-21-9-7-19/h10-11,14,20H,2-9H2,1H3. The molecule has 4 nitrogen and oxygen atoms in total. The van der Waals surface area contributed by atoms with Crippen LogP contribution in [0.4, 0.5) is 0 Å². The molecular weight excluding hydrogens is 332 g/mol. The Kier molecular flexibility index (Phi) is 4.64. The first-order valence-electron chi connectivity index (χ1n) is 7.75. The lowest BCUT2D eigenvalue weighted by Gasteiger charge is -2.42. The fourth-order valence-corrected chi connectivity index (χ4v) is 4.10. The van der Waals surface area contributed by atoms with Crippen LogP contribution in [-0.2, 0) is 10.3 Å². The second kappa shape index (κ2) is 6.32. The van der Waals surface area contributed by atoms with E-state index in [-0.39, 0.29) is 0 Å². The maximum Gasteiger partial charge on any atom is 0.107 e. The van der Waals surface area contributed by atoms with Gasteiger partial charge in [-0.15, -0.1) is 0 Å². The Morgan fingerprint density at radius 2 is 2.00 bits per heavy atom. The van der Waals surface area contributed by atoms with Crippen LogP contribution >= 0.6 is 15.9 Å². The number of morpholine rings is 1. The Bertz CT molecular complexity index is 495. The van der Waals surface area contributed by atoms with E-state index in [2.05, 4.69) is 25.8 Å². The van der Waals surface area contributed by atoms with Crippen LogP contribution in [0.3, 0.4) is 0 Å². The number of hydrogen-bond acceptors (Lipinski definition) is 4. The largest absolute Gasteiger partial charge is 0.384 e. The summed E-state index contributed by atoms with van der Waals surface area (Å²) < 4.78 is 6.39. The number of aryl methyl sites for hydroxylation is 1. The van der Waals surface area contributed by atoms with Gasteiger partial charge in [-0.25, -0.2) is 0 Å². The fourth-order valence-electron chi connectivity index (χ4n) is 3.65. The van der Waals surface area contributed by atoms with Gasteiger partial charge in [-0.2, -0.15) is 0 Å². The van der Waals surface area contributed by atoms with Gasteiger partial charge in [0.15, 0.2) is 0 Å². The molecule has 0 unspecified atom stereocenters. The smallest absolute Gasteiger partial charge is 0.107 e. The van der Waals surface area contributed by atoms with Crippen molar-refractivity contribution >= 4 is 15.9 Å². The Balaban J connectivity index is 1.68. The molecule has 1 saturated carbocycles. The predicted octanol–water partition coefficient (Wildman–Crippen LogP) is 2.61. The van der Waals surface area contributed by atoms with Crippen LogP contribution in [0, 0.1) is 6.92 Å². The molecule has 1 aromatic heterocycles. The SMILES string of the molecule is Cc1cc(Br)cnc1C1(O)CCC(N2CCOCC2)CC1. The Morgan fingerprint density at radius 3 is 2.62 bits per heavy atom. The molecule has 21 heavy (non-hydrogen) atoms. The van der Waals surface area contributed by atoms with Gasteiger partial charge >= 0.3 is 0 Å². The maximum atomic E-state index is 11.0. The molecule has 0 aromatic carbocycles. The van der Waals surface area contributed by atoms with Gasteiger partial charge in [-0.1, -0.05) is 0 Å². The molecule has 1 N–H and O–H groups in total. The molecule has 0 radical (unpaired) electrons. The average molecular weight is 355 g/mol. The van der Waals surface area contributed by atoms with Crippen molar-refractivity contribution < 1.29 is 9.84 Å². The highest BCUT2D eigenvalue weighted by molar-refractivity contribution is 9.10. The minimum absolute atomic E-state index is 0.588. The van der Waals surface area contributed by atoms with Crippen LogP contribution in [0.2, 0.25) is 0 Å². The molecule has 2 fully saturated rings.